The van der Waals surface area contributed by atoms with Crippen LogP contribution in [0.1, 0.15) is 36.4 Å². The Morgan fingerprint density at radius 2 is 2.05 bits per heavy atom. The zero-order chi connectivity index (χ0) is 14.7. The lowest BCUT2D eigenvalue weighted by Crippen LogP contribution is -2.33. The van der Waals surface area contributed by atoms with Gasteiger partial charge in [-0.15, -0.1) is 0 Å². The summed E-state index contributed by atoms with van der Waals surface area (Å²) in [7, 11) is 0. The minimum absolute atomic E-state index is 0.419. The second-order valence-corrected chi connectivity index (χ2v) is 6.27. The molecule has 1 aromatic carbocycles. The van der Waals surface area contributed by atoms with E-state index in [1.807, 2.05) is 30.6 Å². The van der Waals surface area contributed by atoms with E-state index in [0.29, 0.717) is 16.1 Å². The molecular formula is C17H18Cl2N2. The lowest BCUT2D eigenvalue weighted by Gasteiger charge is -2.36. The summed E-state index contributed by atoms with van der Waals surface area (Å²) in [5.74, 6) is 0. The number of hydrogen-bond donors (Lipinski definition) is 0. The third-order valence-electron chi connectivity index (χ3n) is 4.09. The van der Waals surface area contributed by atoms with Crippen LogP contribution in [-0.2, 0) is 6.54 Å². The van der Waals surface area contributed by atoms with Crippen molar-refractivity contribution in [3.05, 3.63) is 63.9 Å². The third-order valence-corrected chi connectivity index (χ3v) is 4.95. The number of pyridine rings is 1. The quantitative estimate of drug-likeness (QED) is 0.780. The Balaban J connectivity index is 1.83. The Kier molecular flexibility index (Phi) is 4.79. The monoisotopic (exact) mass is 320 g/mol. The van der Waals surface area contributed by atoms with E-state index in [1.165, 1.54) is 24.8 Å². The lowest BCUT2D eigenvalue weighted by atomic mass is 9.96. The molecule has 0 unspecified atom stereocenters. The number of likely N-dealkylation sites (tertiary alicyclic amines) is 1. The Hall–Kier alpha value is -1.09. The molecule has 0 radical (unpaired) electrons. The standard InChI is InChI=1S/C17H18Cl2N2/c18-15-7-3-5-14(17(15)19)12-21-10-2-1-8-16(21)13-6-4-9-20-11-13/h3-7,9,11,16H,1-2,8,10,12H2/t16-/m0/s1. The summed E-state index contributed by atoms with van der Waals surface area (Å²) in [6.07, 6.45) is 7.46. The fourth-order valence-corrected chi connectivity index (χ4v) is 3.40. The van der Waals surface area contributed by atoms with Crippen molar-refractivity contribution >= 4 is 23.2 Å². The molecule has 1 aliphatic heterocycles. The highest BCUT2D eigenvalue weighted by Gasteiger charge is 2.24. The van der Waals surface area contributed by atoms with Crippen LogP contribution in [0.3, 0.4) is 0 Å². The Morgan fingerprint density at radius 1 is 1.14 bits per heavy atom. The van der Waals surface area contributed by atoms with E-state index in [1.54, 1.807) is 0 Å². The van der Waals surface area contributed by atoms with Crippen molar-refractivity contribution in [2.45, 2.75) is 31.8 Å². The maximum absolute atomic E-state index is 6.34. The molecule has 0 spiro atoms. The molecule has 1 saturated heterocycles. The average Bonchev–Trinajstić information content (AvgIpc) is 2.53. The van der Waals surface area contributed by atoms with E-state index in [0.717, 1.165) is 18.7 Å². The fourth-order valence-electron chi connectivity index (χ4n) is 3.02. The number of aromatic nitrogens is 1. The van der Waals surface area contributed by atoms with Crippen LogP contribution in [0.4, 0.5) is 0 Å². The Morgan fingerprint density at radius 3 is 2.86 bits per heavy atom. The second kappa shape index (κ2) is 6.78. The van der Waals surface area contributed by atoms with Crippen molar-refractivity contribution in [1.82, 2.24) is 9.88 Å². The van der Waals surface area contributed by atoms with Crippen molar-refractivity contribution in [3.8, 4) is 0 Å². The van der Waals surface area contributed by atoms with Gasteiger partial charge in [-0.05, 0) is 42.6 Å². The Labute approximate surface area is 135 Å². The molecule has 2 heterocycles. The lowest BCUT2D eigenvalue weighted by molar-refractivity contribution is 0.140. The van der Waals surface area contributed by atoms with Gasteiger partial charge in [0.05, 0.1) is 10.0 Å². The molecule has 0 saturated carbocycles. The molecule has 1 atom stereocenters. The van der Waals surface area contributed by atoms with Gasteiger partial charge in [-0.3, -0.25) is 9.88 Å². The topological polar surface area (TPSA) is 16.1 Å². The van der Waals surface area contributed by atoms with Gasteiger partial charge < -0.3 is 0 Å². The van der Waals surface area contributed by atoms with E-state index >= 15 is 0 Å². The maximum Gasteiger partial charge on any atom is 0.0637 e. The van der Waals surface area contributed by atoms with Crippen molar-refractivity contribution in [2.24, 2.45) is 0 Å². The van der Waals surface area contributed by atoms with Crippen LogP contribution < -0.4 is 0 Å². The molecule has 4 heteroatoms. The normalized spacial score (nSPS) is 19.6. The summed E-state index contributed by atoms with van der Waals surface area (Å²) >= 11 is 12.5. The van der Waals surface area contributed by atoms with Gasteiger partial charge in [0.15, 0.2) is 0 Å². The molecule has 2 aromatic rings. The van der Waals surface area contributed by atoms with E-state index in [2.05, 4.69) is 22.0 Å². The van der Waals surface area contributed by atoms with Gasteiger partial charge in [0.25, 0.3) is 0 Å². The van der Waals surface area contributed by atoms with Crippen LogP contribution >= 0.6 is 23.2 Å². The molecule has 110 valence electrons. The molecule has 0 N–H and O–H groups in total. The fraction of sp³-hybridized carbons (Fsp3) is 0.353. The minimum Gasteiger partial charge on any atom is -0.292 e. The van der Waals surface area contributed by atoms with Gasteiger partial charge in [0.2, 0.25) is 0 Å². The second-order valence-electron chi connectivity index (χ2n) is 5.48. The van der Waals surface area contributed by atoms with Crippen molar-refractivity contribution in [3.63, 3.8) is 0 Å². The highest BCUT2D eigenvalue weighted by molar-refractivity contribution is 6.42. The first-order chi connectivity index (χ1) is 10.3. The van der Waals surface area contributed by atoms with Crippen LogP contribution in [0, 0.1) is 0 Å². The minimum atomic E-state index is 0.419. The summed E-state index contributed by atoms with van der Waals surface area (Å²) in [6.45, 7) is 1.92. The van der Waals surface area contributed by atoms with Gasteiger partial charge in [-0.25, -0.2) is 0 Å². The predicted molar refractivity (Wildman–Crippen MR) is 87.7 cm³/mol. The number of rotatable bonds is 3. The summed E-state index contributed by atoms with van der Waals surface area (Å²) < 4.78 is 0. The summed E-state index contributed by atoms with van der Waals surface area (Å²) in [5.41, 5.74) is 2.38. The first-order valence-electron chi connectivity index (χ1n) is 7.32. The Bertz CT molecular complexity index is 601. The summed E-state index contributed by atoms with van der Waals surface area (Å²) in [5, 5.41) is 1.30. The van der Waals surface area contributed by atoms with Gasteiger partial charge in [-0.2, -0.15) is 0 Å². The smallest absolute Gasteiger partial charge is 0.0637 e. The first-order valence-corrected chi connectivity index (χ1v) is 8.08. The zero-order valence-electron chi connectivity index (χ0n) is 11.8. The van der Waals surface area contributed by atoms with Crippen molar-refractivity contribution in [2.75, 3.05) is 6.54 Å². The zero-order valence-corrected chi connectivity index (χ0v) is 13.3. The highest BCUT2D eigenvalue weighted by atomic mass is 35.5. The highest BCUT2D eigenvalue weighted by Crippen LogP contribution is 2.34. The molecule has 2 nitrogen and oxygen atoms in total. The van der Waals surface area contributed by atoms with E-state index in [4.69, 9.17) is 23.2 Å². The van der Waals surface area contributed by atoms with Gasteiger partial charge >= 0.3 is 0 Å². The molecule has 0 amide bonds. The molecule has 21 heavy (non-hydrogen) atoms. The third kappa shape index (κ3) is 3.39. The maximum atomic E-state index is 6.34. The molecule has 1 aliphatic rings. The summed E-state index contributed by atoms with van der Waals surface area (Å²) in [4.78, 5) is 6.74. The first kappa shape index (κ1) is 14.8. The molecular weight excluding hydrogens is 303 g/mol. The number of benzene rings is 1. The number of halogens is 2. The average molecular weight is 321 g/mol. The van der Waals surface area contributed by atoms with Crippen LogP contribution in [0.15, 0.2) is 42.7 Å². The molecule has 0 bridgehead atoms. The van der Waals surface area contributed by atoms with Crippen LogP contribution in [0.5, 0.6) is 0 Å². The van der Waals surface area contributed by atoms with Crippen LogP contribution in [-0.4, -0.2) is 16.4 Å². The summed E-state index contributed by atoms with van der Waals surface area (Å²) in [6, 6.07) is 10.4. The predicted octanol–water partition coefficient (Wildman–Crippen LogP) is 5.12. The van der Waals surface area contributed by atoms with E-state index in [9.17, 15) is 0 Å². The van der Waals surface area contributed by atoms with Crippen LogP contribution in [0.25, 0.3) is 0 Å². The van der Waals surface area contributed by atoms with Crippen molar-refractivity contribution in [1.29, 1.82) is 0 Å². The van der Waals surface area contributed by atoms with Crippen molar-refractivity contribution < 1.29 is 0 Å². The SMILES string of the molecule is Clc1cccc(CN2CCCC[C@H]2c2cccnc2)c1Cl. The molecule has 0 aliphatic carbocycles. The number of piperidine rings is 1. The largest absolute Gasteiger partial charge is 0.292 e. The van der Waals surface area contributed by atoms with Gasteiger partial charge in [0.1, 0.15) is 0 Å². The van der Waals surface area contributed by atoms with E-state index in [-0.39, 0.29) is 0 Å². The number of hydrogen-bond acceptors (Lipinski definition) is 2. The number of nitrogens with zero attached hydrogens (tertiary/aromatic N) is 2. The van der Waals surface area contributed by atoms with Crippen LogP contribution in [0.2, 0.25) is 10.0 Å². The van der Waals surface area contributed by atoms with Gasteiger partial charge in [-0.1, -0.05) is 47.8 Å². The molecule has 1 fully saturated rings. The molecule has 1 aromatic heterocycles. The van der Waals surface area contributed by atoms with E-state index < -0.39 is 0 Å². The molecule has 3 rings (SSSR count). The van der Waals surface area contributed by atoms with Gasteiger partial charge in [0, 0.05) is 25.0 Å².